The minimum atomic E-state index is -0.596. The Morgan fingerprint density at radius 2 is 2.06 bits per heavy atom. The van der Waals surface area contributed by atoms with E-state index in [0.717, 1.165) is 6.20 Å². The third kappa shape index (κ3) is 2.86. The molecular weight excluding hydrogens is 332 g/mol. The summed E-state index contributed by atoms with van der Waals surface area (Å²) in [5.74, 6) is -0.603. The van der Waals surface area contributed by atoms with Crippen LogP contribution in [-0.2, 0) is 0 Å². The lowest BCUT2D eigenvalue weighted by atomic mass is 10.3. The molecule has 0 aliphatic heterocycles. The van der Waals surface area contributed by atoms with Gasteiger partial charge < -0.3 is 5.32 Å². The van der Waals surface area contributed by atoms with Crippen molar-refractivity contribution in [2.24, 2.45) is 0 Å². The summed E-state index contributed by atoms with van der Waals surface area (Å²) in [6.45, 7) is 0. The maximum absolute atomic E-state index is 13.4. The van der Waals surface area contributed by atoms with Gasteiger partial charge in [-0.3, -0.25) is 0 Å². The van der Waals surface area contributed by atoms with Crippen LogP contribution in [0.25, 0.3) is 0 Å². The summed E-state index contributed by atoms with van der Waals surface area (Å²) in [4.78, 5) is 7.27. The van der Waals surface area contributed by atoms with Crippen LogP contribution in [0.2, 0.25) is 10.3 Å². The van der Waals surface area contributed by atoms with Crippen LogP contribution in [0.1, 0.15) is 0 Å². The fraction of sp³-hybridized carbons (Fsp3) is 0. The molecule has 2 aromatic rings. The second-order valence-corrected chi connectivity index (χ2v) is 4.60. The number of nitrogens with zero attached hydrogens (tertiary/aromatic N) is 2. The van der Waals surface area contributed by atoms with Gasteiger partial charge in [0, 0.05) is 0 Å². The molecule has 0 saturated carbocycles. The fourth-order valence-electron chi connectivity index (χ4n) is 1.16. The fourth-order valence-corrected chi connectivity index (χ4v) is 1.83. The molecule has 0 saturated heterocycles. The monoisotopic (exact) mass is 335 g/mol. The molecule has 0 fully saturated rings. The van der Waals surface area contributed by atoms with E-state index < -0.39 is 5.82 Å². The molecule has 0 aliphatic carbocycles. The van der Waals surface area contributed by atoms with Gasteiger partial charge in [0.05, 0.1) is 21.4 Å². The quantitative estimate of drug-likeness (QED) is 0.824. The molecule has 0 aliphatic rings. The van der Waals surface area contributed by atoms with E-state index >= 15 is 0 Å². The van der Waals surface area contributed by atoms with Gasteiger partial charge in [0.25, 0.3) is 0 Å². The summed E-state index contributed by atoms with van der Waals surface area (Å²) in [7, 11) is 0. The largest absolute Gasteiger partial charge is 0.337 e. The molecule has 1 aromatic heterocycles. The second kappa shape index (κ2) is 5.16. The summed E-state index contributed by atoms with van der Waals surface area (Å²) < 4.78 is 14.0. The lowest BCUT2D eigenvalue weighted by molar-refractivity contribution is 0.619. The predicted molar refractivity (Wildman–Crippen MR) is 69.4 cm³/mol. The average Bonchev–Trinajstić information content (AvgIpc) is 2.30. The Morgan fingerprint density at radius 1 is 1.29 bits per heavy atom. The molecule has 1 N–H and O–H groups in total. The highest BCUT2D eigenvalue weighted by Gasteiger charge is 2.09. The van der Waals surface area contributed by atoms with E-state index in [4.69, 9.17) is 23.2 Å². The zero-order chi connectivity index (χ0) is 12.4. The molecule has 7 heteroatoms. The second-order valence-electron chi connectivity index (χ2n) is 3.06. The van der Waals surface area contributed by atoms with Crippen molar-refractivity contribution in [1.29, 1.82) is 0 Å². The van der Waals surface area contributed by atoms with Gasteiger partial charge in [-0.2, -0.15) is 4.98 Å². The van der Waals surface area contributed by atoms with Gasteiger partial charge in [0.1, 0.15) is 0 Å². The highest BCUT2D eigenvalue weighted by Crippen LogP contribution is 2.32. The van der Waals surface area contributed by atoms with E-state index in [1.165, 1.54) is 0 Å². The topological polar surface area (TPSA) is 37.8 Å². The SMILES string of the molecule is Fc1cnc(Cl)nc1Nc1cccc(Cl)c1Br. The minimum Gasteiger partial charge on any atom is -0.337 e. The standard InChI is InChI=1S/C10H5BrCl2FN3/c11-8-5(12)2-1-3-7(8)16-9-6(14)4-15-10(13)17-9/h1-4H,(H,15,16,17). The van der Waals surface area contributed by atoms with Crippen molar-refractivity contribution in [2.75, 3.05) is 5.32 Å². The molecule has 0 radical (unpaired) electrons. The van der Waals surface area contributed by atoms with E-state index in [-0.39, 0.29) is 11.1 Å². The number of rotatable bonds is 2. The van der Waals surface area contributed by atoms with Crippen molar-refractivity contribution < 1.29 is 4.39 Å². The van der Waals surface area contributed by atoms with E-state index in [1.807, 2.05) is 0 Å². The van der Waals surface area contributed by atoms with Gasteiger partial charge in [-0.1, -0.05) is 17.7 Å². The van der Waals surface area contributed by atoms with Crippen LogP contribution in [0.4, 0.5) is 15.9 Å². The molecule has 0 amide bonds. The Hall–Kier alpha value is -0.910. The van der Waals surface area contributed by atoms with E-state index in [2.05, 4.69) is 31.2 Å². The average molecular weight is 337 g/mol. The van der Waals surface area contributed by atoms with Gasteiger partial charge in [-0.25, -0.2) is 9.37 Å². The smallest absolute Gasteiger partial charge is 0.224 e. The number of nitrogens with one attached hydrogen (secondary N) is 1. The first-order valence-electron chi connectivity index (χ1n) is 4.47. The van der Waals surface area contributed by atoms with Crippen molar-refractivity contribution in [3.63, 3.8) is 0 Å². The van der Waals surface area contributed by atoms with Crippen molar-refractivity contribution in [2.45, 2.75) is 0 Å². The zero-order valence-corrected chi connectivity index (χ0v) is 11.3. The summed E-state index contributed by atoms with van der Waals surface area (Å²) >= 11 is 14.8. The summed E-state index contributed by atoms with van der Waals surface area (Å²) in [5, 5.41) is 3.25. The third-order valence-corrected chi connectivity index (χ3v) is 3.50. The first kappa shape index (κ1) is 12.5. The summed E-state index contributed by atoms with van der Waals surface area (Å²) in [6.07, 6.45) is 0.996. The van der Waals surface area contributed by atoms with Crippen LogP contribution in [-0.4, -0.2) is 9.97 Å². The minimum absolute atomic E-state index is 0.00651. The summed E-state index contributed by atoms with van der Waals surface area (Å²) in [5.41, 5.74) is 0.589. The number of halogens is 4. The maximum Gasteiger partial charge on any atom is 0.224 e. The van der Waals surface area contributed by atoms with Crippen LogP contribution >= 0.6 is 39.1 Å². The number of anilines is 2. The Morgan fingerprint density at radius 3 is 2.82 bits per heavy atom. The number of aromatic nitrogens is 2. The zero-order valence-electron chi connectivity index (χ0n) is 8.22. The predicted octanol–water partition coefficient (Wildman–Crippen LogP) is 4.43. The molecule has 88 valence electrons. The lowest BCUT2D eigenvalue weighted by Gasteiger charge is -2.09. The normalized spacial score (nSPS) is 10.4. The molecule has 0 atom stereocenters. The third-order valence-electron chi connectivity index (χ3n) is 1.92. The van der Waals surface area contributed by atoms with Crippen molar-refractivity contribution >= 4 is 50.6 Å². The van der Waals surface area contributed by atoms with Crippen LogP contribution in [0, 0.1) is 5.82 Å². The van der Waals surface area contributed by atoms with Crippen LogP contribution in [0.3, 0.4) is 0 Å². The Bertz CT molecular complexity index is 565. The molecule has 0 spiro atoms. The first-order valence-corrected chi connectivity index (χ1v) is 6.02. The van der Waals surface area contributed by atoms with Gasteiger partial charge in [-0.05, 0) is 39.7 Å². The first-order chi connectivity index (χ1) is 8.08. The molecule has 0 unspecified atom stereocenters. The molecule has 0 bridgehead atoms. The van der Waals surface area contributed by atoms with E-state index in [0.29, 0.717) is 15.2 Å². The number of hydrogen-bond donors (Lipinski definition) is 1. The molecule has 1 heterocycles. The molecule has 1 aromatic carbocycles. The Kier molecular flexibility index (Phi) is 3.81. The maximum atomic E-state index is 13.4. The van der Waals surface area contributed by atoms with Crippen LogP contribution < -0.4 is 5.32 Å². The van der Waals surface area contributed by atoms with Crippen molar-refractivity contribution in [1.82, 2.24) is 9.97 Å². The van der Waals surface area contributed by atoms with Gasteiger partial charge in [-0.15, -0.1) is 0 Å². The molecule has 17 heavy (non-hydrogen) atoms. The highest BCUT2D eigenvalue weighted by atomic mass is 79.9. The van der Waals surface area contributed by atoms with E-state index in [1.54, 1.807) is 18.2 Å². The number of hydrogen-bond acceptors (Lipinski definition) is 3. The van der Waals surface area contributed by atoms with Crippen LogP contribution in [0.15, 0.2) is 28.9 Å². The van der Waals surface area contributed by atoms with Gasteiger partial charge >= 0.3 is 0 Å². The Labute approximate surface area is 115 Å². The Balaban J connectivity index is 2.38. The molecular formula is C10H5BrCl2FN3. The number of benzene rings is 1. The van der Waals surface area contributed by atoms with E-state index in [9.17, 15) is 4.39 Å². The molecule has 2 rings (SSSR count). The van der Waals surface area contributed by atoms with Crippen molar-refractivity contribution in [3.05, 3.63) is 45.0 Å². The van der Waals surface area contributed by atoms with Crippen molar-refractivity contribution in [3.8, 4) is 0 Å². The van der Waals surface area contributed by atoms with Crippen LogP contribution in [0.5, 0.6) is 0 Å². The summed E-state index contributed by atoms with van der Waals surface area (Å²) in [6, 6.07) is 5.17. The highest BCUT2D eigenvalue weighted by molar-refractivity contribution is 9.10. The lowest BCUT2D eigenvalue weighted by Crippen LogP contribution is -1.99. The van der Waals surface area contributed by atoms with Gasteiger partial charge in [0.15, 0.2) is 11.6 Å². The van der Waals surface area contributed by atoms with Gasteiger partial charge in [0.2, 0.25) is 5.28 Å². The molecule has 3 nitrogen and oxygen atoms in total.